The van der Waals surface area contributed by atoms with Crippen LogP contribution in [0.1, 0.15) is 57.5 Å². The predicted octanol–water partition coefficient (Wildman–Crippen LogP) is 3.14. The van der Waals surface area contributed by atoms with Crippen LogP contribution in [0.5, 0.6) is 0 Å². The lowest BCUT2D eigenvalue weighted by Gasteiger charge is -2.10. The molecule has 0 bridgehead atoms. The summed E-state index contributed by atoms with van der Waals surface area (Å²) in [6, 6.07) is 0. The van der Waals surface area contributed by atoms with E-state index in [9.17, 15) is 0 Å². The van der Waals surface area contributed by atoms with E-state index in [4.69, 9.17) is 11.5 Å². The van der Waals surface area contributed by atoms with E-state index in [0.29, 0.717) is 55.4 Å². The fourth-order valence-electron chi connectivity index (χ4n) is 3.44. The molecule has 40 heavy (non-hydrogen) atoms. The van der Waals surface area contributed by atoms with Gasteiger partial charge in [-0.3, -0.25) is 0 Å². The normalized spacial score (nSPS) is 11.1. The Labute approximate surface area is 248 Å². The van der Waals surface area contributed by atoms with Crippen LogP contribution in [0.3, 0.4) is 0 Å². The van der Waals surface area contributed by atoms with Crippen LogP contribution in [0.15, 0.2) is 15.5 Å². The molecule has 0 spiro atoms. The predicted molar refractivity (Wildman–Crippen MR) is 164 cm³/mol. The molecule has 0 aromatic carbocycles. The van der Waals surface area contributed by atoms with Crippen molar-refractivity contribution in [3.8, 4) is 0 Å². The molecule has 0 aliphatic carbocycles. The van der Waals surface area contributed by atoms with Crippen molar-refractivity contribution in [1.29, 1.82) is 0 Å². The number of nitrogens with one attached hydrogen (secondary N) is 2. The maximum atomic E-state index is 5.83. The van der Waals surface area contributed by atoms with Crippen LogP contribution in [-0.2, 0) is 19.3 Å². The van der Waals surface area contributed by atoms with E-state index in [1.807, 2.05) is 0 Å². The molecular formula is C24H39N13S3. The summed E-state index contributed by atoms with van der Waals surface area (Å²) in [5.41, 5.74) is 11.5. The molecule has 0 amide bonds. The zero-order valence-electron chi connectivity index (χ0n) is 23.4. The van der Waals surface area contributed by atoms with Gasteiger partial charge in [0.2, 0.25) is 17.8 Å². The minimum absolute atomic E-state index is 0.259. The van der Waals surface area contributed by atoms with Crippen LogP contribution in [0.4, 0.5) is 17.8 Å². The van der Waals surface area contributed by atoms with E-state index in [2.05, 4.69) is 76.3 Å². The highest BCUT2D eigenvalue weighted by atomic mass is 32.2. The number of aromatic nitrogens is 9. The van der Waals surface area contributed by atoms with E-state index in [0.717, 1.165) is 64.9 Å². The molecule has 3 aromatic heterocycles. The monoisotopic (exact) mass is 605 g/mol. The van der Waals surface area contributed by atoms with Crippen LogP contribution in [0, 0.1) is 0 Å². The van der Waals surface area contributed by atoms with Crippen molar-refractivity contribution < 1.29 is 0 Å². The third-order valence-corrected chi connectivity index (χ3v) is 7.33. The average molecular weight is 606 g/mol. The summed E-state index contributed by atoms with van der Waals surface area (Å²) < 4.78 is 0. The SMILES string of the molecule is CCSc1nc(N)nc(CCCNc2nc(CCCNc3nc(CCCN)nc(SCC)n3)nc(SCC)n2)n1. The molecule has 0 radical (unpaired) electrons. The lowest BCUT2D eigenvalue weighted by atomic mass is 10.3. The molecule has 16 heteroatoms. The Hall–Kier alpha value is -2.56. The number of nitrogens with two attached hydrogens (primary N) is 2. The van der Waals surface area contributed by atoms with Gasteiger partial charge in [0.1, 0.15) is 17.5 Å². The average Bonchev–Trinajstić information content (AvgIpc) is 2.92. The van der Waals surface area contributed by atoms with Crippen molar-refractivity contribution in [2.75, 3.05) is 53.3 Å². The topological polar surface area (TPSA) is 192 Å². The van der Waals surface area contributed by atoms with Crippen molar-refractivity contribution in [2.45, 2.75) is 74.8 Å². The van der Waals surface area contributed by atoms with Gasteiger partial charge >= 0.3 is 0 Å². The largest absolute Gasteiger partial charge is 0.368 e. The van der Waals surface area contributed by atoms with Crippen LogP contribution in [-0.4, -0.2) is 81.7 Å². The third kappa shape index (κ3) is 11.5. The highest BCUT2D eigenvalue weighted by molar-refractivity contribution is 7.99. The number of nitrogen functional groups attached to an aromatic ring is 1. The summed E-state index contributed by atoms with van der Waals surface area (Å²) in [5, 5.41) is 8.78. The van der Waals surface area contributed by atoms with Crippen molar-refractivity contribution in [3.63, 3.8) is 0 Å². The van der Waals surface area contributed by atoms with Crippen molar-refractivity contribution in [1.82, 2.24) is 44.9 Å². The van der Waals surface area contributed by atoms with Gasteiger partial charge in [0.05, 0.1) is 0 Å². The van der Waals surface area contributed by atoms with Crippen LogP contribution in [0.25, 0.3) is 0 Å². The molecule has 3 heterocycles. The molecular weight excluding hydrogens is 567 g/mol. The van der Waals surface area contributed by atoms with Crippen molar-refractivity contribution in [2.24, 2.45) is 5.73 Å². The Morgan fingerprint density at radius 1 is 0.550 bits per heavy atom. The first kappa shape index (κ1) is 32.0. The van der Waals surface area contributed by atoms with Crippen molar-refractivity contribution in [3.05, 3.63) is 17.5 Å². The number of aryl methyl sites for hydroxylation is 3. The van der Waals surface area contributed by atoms with Gasteiger partial charge in [-0.1, -0.05) is 56.1 Å². The van der Waals surface area contributed by atoms with Crippen LogP contribution < -0.4 is 22.1 Å². The van der Waals surface area contributed by atoms with E-state index in [-0.39, 0.29) is 5.95 Å². The second kappa shape index (κ2) is 18.0. The van der Waals surface area contributed by atoms with Crippen molar-refractivity contribution >= 4 is 53.1 Å². The number of rotatable bonds is 19. The maximum absolute atomic E-state index is 5.83. The highest BCUT2D eigenvalue weighted by Crippen LogP contribution is 2.17. The quantitative estimate of drug-likeness (QED) is 0.115. The molecule has 0 unspecified atom stereocenters. The number of hydrogen-bond acceptors (Lipinski definition) is 16. The second-order valence-corrected chi connectivity index (χ2v) is 12.1. The smallest absolute Gasteiger partial charge is 0.226 e. The summed E-state index contributed by atoms with van der Waals surface area (Å²) in [6.07, 6.45) is 4.59. The first-order chi connectivity index (χ1) is 19.5. The molecule has 13 nitrogen and oxygen atoms in total. The van der Waals surface area contributed by atoms with Gasteiger partial charge in [0.25, 0.3) is 0 Å². The molecule has 218 valence electrons. The summed E-state index contributed by atoms with van der Waals surface area (Å²) in [4.78, 5) is 40.4. The Morgan fingerprint density at radius 3 is 1.43 bits per heavy atom. The highest BCUT2D eigenvalue weighted by Gasteiger charge is 2.10. The lowest BCUT2D eigenvalue weighted by Crippen LogP contribution is -2.13. The fourth-order valence-corrected chi connectivity index (χ4v) is 5.18. The number of thioether (sulfide) groups is 3. The summed E-state index contributed by atoms with van der Waals surface area (Å²) in [6.45, 7) is 8.19. The summed E-state index contributed by atoms with van der Waals surface area (Å²) in [7, 11) is 0. The molecule has 3 aromatic rings. The van der Waals surface area contributed by atoms with Crippen LogP contribution >= 0.6 is 35.3 Å². The van der Waals surface area contributed by atoms with Gasteiger partial charge in [-0.05, 0) is 43.1 Å². The standard InChI is InChI=1S/C24H39N13S3/c1-4-38-22-32-16(29-19(26)35-22)11-8-14-27-21-31-18(34-24(37-21)40-6-3)12-9-15-28-20-30-17(10-7-13-25)33-23(36-20)39-5-2/h4-15,25H2,1-3H3,(H2,26,29,32,35)(H,27,31,34,37)(H,28,30,33,36). The molecule has 0 saturated heterocycles. The minimum Gasteiger partial charge on any atom is -0.368 e. The van der Waals surface area contributed by atoms with E-state index >= 15 is 0 Å². The minimum atomic E-state index is 0.259. The van der Waals surface area contributed by atoms with Gasteiger partial charge in [0, 0.05) is 32.4 Å². The summed E-state index contributed by atoms with van der Waals surface area (Å²) in [5.74, 6) is 6.32. The number of hydrogen-bond donors (Lipinski definition) is 4. The molecule has 0 atom stereocenters. The fraction of sp³-hybridized carbons (Fsp3) is 0.625. The summed E-state index contributed by atoms with van der Waals surface area (Å²) >= 11 is 4.76. The van der Waals surface area contributed by atoms with Gasteiger partial charge in [-0.15, -0.1) is 0 Å². The second-order valence-electron chi connectivity index (χ2n) is 8.36. The van der Waals surface area contributed by atoms with Crippen LogP contribution in [0.2, 0.25) is 0 Å². The van der Waals surface area contributed by atoms with Gasteiger partial charge in [0.15, 0.2) is 15.5 Å². The Morgan fingerprint density at radius 2 is 0.975 bits per heavy atom. The third-order valence-electron chi connectivity index (χ3n) is 5.15. The Bertz CT molecular complexity index is 1180. The number of anilines is 3. The Kier molecular flexibility index (Phi) is 14.4. The van der Waals surface area contributed by atoms with E-state index in [1.54, 1.807) is 35.3 Å². The molecule has 0 saturated carbocycles. The van der Waals surface area contributed by atoms with Gasteiger partial charge in [-0.25, -0.2) is 15.0 Å². The molecule has 6 N–H and O–H groups in total. The first-order valence-electron chi connectivity index (χ1n) is 13.6. The van der Waals surface area contributed by atoms with E-state index < -0.39 is 0 Å². The lowest BCUT2D eigenvalue weighted by molar-refractivity contribution is 0.725. The zero-order chi connectivity index (χ0) is 28.6. The van der Waals surface area contributed by atoms with Gasteiger partial charge < -0.3 is 22.1 Å². The molecule has 0 fully saturated rings. The maximum Gasteiger partial charge on any atom is 0.226 e. The molecule has 0 aliphatic rings. The number of nitrogens with zero attached hydrogens (tertiary/aromatic N) is 9. The molecule has 0 aliphatic heterocycles. The van der Waals surface area contributed by atoms with E-state index in [1.165, 1.54) is 0 Å². The zero-order valence-corrected chi connectivity index (χ0v) is 25.8. The first-order valence-corrected chi connectivity index (χ1v) is 16.5. The Balaban J connectivity index is 1.53. The molecule has 3 rings (SSSR count). The van der Waals surface area contributed by atoms with Gasteiger partial charge in [-0.2, -0.15) is 29.9 Å².